The summed E-state index contributed by atoms with van der Waals surface area (Å²) in [5.41, 5.74) is 2.30. The number of benzene rings is 1. The number of rotatable bonds is 8. The van der Waals surface area contributed by atoms with Crippen molar-refractivity contribution in [2.75, 3.05) is 26.3 Å². The van der Waals surface area contributed by atoms with Crippen molar-refractivity contribution in [1.82, 2.24) is 4.90 Å². The average Bonchev–Trinajstić information content (AvgIpc) is 3.19. The van der Waals surface area contributed by atoms with E-state index in [9.17, 15) is 9.90 Å². The summed E-state index contributed by atoms with van der Waals surface area (Å²) < 4.78 is 11.5. The summed E-state index contributed by atoms with van der Waals surface area (Å²) in [6.07, 6.45) is 1.64. The largest absolute Gasteiger partial charge is 0.490 e. The van der Waals surface area contributed by atoms with Crippen LogP contribution in [0.1, 0.15) is 43.9 Å². The van der Waals surface area contributed by atoms with Gasteiger partial charge in [-0.1, -0.05) is 6.07 Å². The number of carboxylic acids is 1. The third-order valence-corrected chi connectivity index (χ3v) is 5.61. The zero-order valence-corrected chi connectivity index (χ0v) is 16.7. The van der Waals surface area contributed by atoms with Crippen LogP contribution in [0.25, 0.3) is 0 Å². The fourth-order valence-electron chi connectivity index (χ4n) is 3.72. The van der Waals surface area contributed by atoms with Crippen molar-refractivity contribution in [3.05, 3.63) is 46.2 Å². The first-order chi connectivity index (χ1) is 13.1. The maximum absolute atomic E-state index is 11.5. The monoisotopic (exact) mass is 389 g/mol. The second kappa shape index (κ2) is 9.24. The maximum atomic E-state index is 11.5. The molecular formula is C21H27NO4S. The molecule has 1 saturated heterocycles. The van der Waals surface area contributed by atoms with Crippen molar-refractivity contribution < 1.29 is 19.4 Å². The molecule has 1 N–H and O–H groups in total. The molecule has 1 fully saturated rings. The Bertz CT molecular complexity index is 747. The Balaban J connectivity index is 1.96. The van der Waals surface area contributed by atoms with Crippen LogP contribution in [-0.4, -0.2) is 42.3 Å². The van der Waals surface area contributed by atoms with Crippen LogP contribution in [0.3, 0.4) is 0 Å². The third-order valence-electron chi connectivity index (χ3n) is 4.91. The molecule has 1 aromatic carbocycles. The SMILES string of the molecule is CCOc1ccc(C(c2ccsc2)N2CCCC(C(=O)O)C2)cc1OCC. The molecule has 0 spiro atoms. The van der Waals surface area contributed by atoms with Crippen LogP contribution in [0.5, 0.6) is 11.5 Å². The van der Waals surface area contributed by atoms with E-state index in [1.807, 2.05) is 26.0 Å². The Hall–Kier alpha value is -2.05. The van der Waals surface area contributed by atoms with E-state index in [-0.39, 0.29) is 12.0 Å². The summed E-state index contributed by atoms with van der Waals surface area (Å²) in [6.45, 7) is 6.52. The van der Waals surface area contributed by atoms with E-state index < -0.39 is 5.97 Å². The highest BCUT2D eigenvalue weighted by atomic mass is 32.1. The van der Waals surface area contributed by atoms with Crippen LogP contribution in [0, 0.1) is 5.92 Å². The predicted octanol–water partition coefficient (Wildman–Crippen LogP) is 4.43. The van der Waals surface area contributed by atoms with Gasteiger partial charge >= 0.3 is 5.97 Å². The quantitative estimate of drug-likeness (QED) is 0.724. The van der Waals surface area contributed by atoms with Crippen LogP contribution < -0.4 is 9.47 Å². The van der Waals surface area contributed by atoms with E-state index in [0.29, 0.717) is 19.8 Å². The molecule has 5 nitrogen and oxygen atoms in total. The van der Waals surface area contributed by atoms with Gasteiger partial charge in [0.05, 0.1) is 25.2 Å². The molecule has 0 aliphatic carbocycles. The lowest BCUT2D eigenvalue weighted by Crippen LogP contribution is -2.41. The van der Waals surface area contributed by atoms with Gasteiger partial charge in [0.15, 0.2) is 11.5 Å². The van der Waals surface area contributed by atoms with Crippen LogP contribution in [0.2, 0.25) is 0 Å². The van der Waals surface area contributed by atoms with Crippen molar-refractivity contribution in [3.8, 4) is 11.5 Å². The molecule has 2 aromatic rings. The zero-order valence-electron chi connectivity index (χ0n) is 15.9. The minimum absolute atomic E-state index is 0.0216. The number of hydrogen-bond acceptors (Lipinski definition) is 5. The van der Waals surface area contributed by atoms with Crippen LogP contribution >= 0.6 is 11.3 Å². The third kappa shape index (κ3) is 4.62. The van der Waals surface area contributed by atoms with Crippen LogP contribution in [-0.2, 0) is 4.79 Å². The molecule has 1 aliphatic heterocycles. The van der Waals surface area contributed by atoms with Gasteiger partial charge in [0.25, 0.3) is 0 Å². The van der Waals surface area contributed by atoms with E-state index in [1.165, 1.54) is 5.56 Å². The molecule has 0 bridgehead atoms. The standard InChI is InChI=1S/C21H27NO4S/c1-3-25-18-8-7-15(12-19(18)26-4-2)20(17-9-11-27-14-17)22-10-5-6-16(13-22)21(23)24/h7-9,11-12,14,16,20H,3-6,10,13H2,1-2H3,(H,23,24). The fourth-order valence-corrected chi connectivity index (χ4v) is 4.40. The number of carbonyl (C=O) groups is 1. The van der Waals surface area contributed by atoms with Gasteiger partial charge in [-0.05, 0) is 73.3 Å². The van der Waals surface area contributed by atoms with Gasteiger partial charge in [-0.3, -0.25) is 9.69 Å². The van der Waals surface area contributed by atoms with E-state index in [4.69, 9.17) is 9.47 Å². The van der Waals surface area contributed by atoms with Gasteiger partial charge in [0.2, 0.25) is 0 Å². The first kappa shape index (κ1) is 19.7. The van der Waals surface area contributed by atoms with Gasteiger partial charge < -0.3 is 14.6 Å². The van der Waals surface area contributed by atoms with E-state index in [2.05, 4.69) is 27.8 Å². The summed E-state index contributed by atoms with van der Waals surface area (Å²) in [6, 6.07) is 8.22. The molecular weight excluding hydrogens is 362 g/mol. The summed E-state index contributed by atoms with van der Waals surface area (Å²) in [4.78, 5) is 13.8. The molecule has 2 atom stereocenters. The molecule has 0 amide bonds. The number of aliphatic carboxylic acids is 1. The molecule has 6 heteroatoms. The van der Waals surface area contributed by atoms with Crippen LogP contribution in [0.4, 0.5) is 0 Å². The lowest BCUT2D eigenvalue weighted by Gasteiger charge is -2.37. The van der Waals surface area contributed by atoms with Gasteiger partial charge in [-0.2, -0.15) is 11.3 Å². The number of ether oxygens (including phenoxy) is 2. The van der Waals surface area contributed by atoms with E-state index in [1.54, 1.807) is 11.3 Å². The topological polar surface area (TPSA) is 59.0 Å². The molecule has 0 radical (unpaired) electrons. The summed E-state index contributed by atoms with van der Waals surface area (Å²) in [5.74, 6) is 0.470. The lowest BCUT2D eigenvalue weighted by molar-refractivity contribution is -0.143. The fraction of sp³-hybridized carbons (Fsp3) is 0.476. The highest BCUT2D eigenvalue weighted by Gasteiger charge is 2.31. The van der Waals surface area contributed by atoms with Gasteiger partial charge in [-0.15, -0.1) is 0 Å². The van der Waals surface area contributed by atoms with Crippen LogP contribution in [0.15, 0.2) is 35.0 Å². The first-order valence-electron chi connectivity index (χ1n) is 9.52. The minimum atomic E-state index is -0.703. The predicted molar refractivity (Wildman–Crippen MR) is 107 cm³/mol. The van der Waals surface area contributed by atoms with Crippen molar-refractivity contribution in [1.29, 1.82) is 0 Å². The Kier molecular flexibility index (Phi) is 6.74. The van der Waals surface area contributed by atoms with Crippen molar-refractivity contribution >= 4 is 17.3 Å². The average molecular weight is 390 g/mol. The highest BCUT2D eigenvalue weighted by molar-refractivity contribution is 7.08. The summed E-state index contributed by atoms with van der Waals surface area (Å²) >= 11 is 1.66. The summed E-state index contributed by atoms with van der Waals surface area (Å²) in [5, 5.41) is 13.7. The Labute approximate surface area is 164 Å². The first-order valence-corrected chi connectivity index (χ1v) is 10.5. The molecule has 27 heavy (non-hydrogen) atoms. The zero-order chi connectivity index (χ0) is 19.2. The maximum Gasteiger partial charge on any atom is 0.307 e. The molecule has 2 unspecified atom stereocenters. The second-order valence-electron chi connectivity index (χ2n) is 6.70. The Morgan fingerprint density at radius 3 is 2.67 bits per heavy atom. The molecule has 146 valence electrons. The highest BCUT2D eigenvalue weighted by Crippen LogP contribution is 2.38. The van der Waals surface area contributed by atoms with Crippen molar-refractivity contribution in [3.63, 3.8) is 0 Å². The number of hydrogen-bond donors (Lipinski definition) is 1. The lowest BCUT2D eigenvalue weighted by atomic mass is 9.92. The summed E-state index contributed by atoms with van der Waals surface area (Å²) in [7, 11) is 0. The normalized spacial score (nSPS) is 18.8. The Morgan fingerprint density at radius 1 is 1.22 bits per heavy atom. The van der Waals surface area contributed by atoms with E-state index in [0.717, 1.165) is 36.4 Å². The van der Waals surface area contributed by atoms with E-state index >= 15 is 0 Å². The van der Waals surface area contributed by atoms with Crippen molar-refractivity contribution in [2.45, 2.75) is 32.7 Å². The number of piperidine rings is 1. The number of thiophene rings is 1. The minimum Gasteiger partial charge on any atom is -0.490 e. The number of likely N-dealkylation sites (tertiary alicyclic amines) is 1. The molecule has 1 aromatic heterocycles. The molecule has 2 heterocycles. The van der Waals surface area contributed by atoms with Gasteiger partial charge in [-0.25, -0.2) is 0 Å². The smallest absolute Gasteiger partial charge is 0.307 e. The van der Waals surface area contributed by atoms with Gasteiger partial charge in [0, 0.05) is 6.54 Å². The molecule has 1 aliphatic rings. The second-order valence-corrected chi connectivity index (χ2v) is 7.48. The number of carboxylic acid groups (broad SMARTS) is 1. The Morgan fingerprint density at radius 2 is 2.00 bits per heavy atom. The number of nitrogens with zero attached hydrogens (tertiary/aromatic N) is 1. The van der Waals surface area contributed by atoms with Gasteiger partial charge in [0.1, 0.15) is 0 Å². The van der Waals surface area contributed by atoms with Crippen molar-refractivity contribution in [2.24, 2.45) is 5.92 Å². The molecule has 3 rings (SSSR count). The molecule has 0 saturated carbocycles.